The fourth-order valence-electron chi connectivity index (χ4n) is 2.14. The van der Waals surface area contributed by atoms with E-state index in [1.165, 1.54) is 11.2 Å². The van der Waals surface area contributed by atoms with Crippen LogP contribution in [0, 0.1) is 11.8 Å². The summed E-state index contributed by atoms with van der Waals surface area (Å²) in [5.74, 6) is -2.35. The molecule has 1 heterocycles. The van der Waals surface area contributed by atoms with Crippen LogP contribution in [0.5, 0.6) is 0 Å². The smallest absolute Gasteiger partial charge is 0.308 e. The summed E-state index contributed by atoms with van der Waals surface area (Å²) in [6.45, 7) is 3.76. The van der Waals surface area contributed by atoms with Gasteiger partial charge in [-0.1, -0.05) is 0 Å². The van der Waals surface area contributed by atoms with Gasteiger partial charge < -0.3 is 10.4 Å². The number of carboxylic acids is 1. The molecule has 8 heteroatoms. The summed E-state index contributed by atoms with van der Waals surface area (Å²) in [5, 5.41) is 11.5. The molecular formula is C12H22N2O5S. The quantitative estimate of drug-likeness (QED) is 0.737. The van der Waals surface area contributed by atoms with Gasteiger partial charge in [-0.15, -0.1) is 0 Å². The monoisotopic (exact) mass is 306 g/mol. The number of amides is 1. The Balaban J connectivity index is 2.62. The molecular weight excluding hydrogens is 284 g/mol. The molecule has 0 aliphatic carbocycles. The molecule has 3 unspecified atom stereocenters. The molecule has 0 aromatic rings. The molecule has 7 nitrogen and oxygen atoms in total. The maximum Gasteiger partial charge on any atom is 0.308 e. The zero-order valence-corrected chi connectivity index (χ0v) is 12.8. The number of carbonyl (C=O) groups is 2. The SMILES string of the molecule is CC(NC(=O)C1CCCN(S(C)(=O)=O)C1)C(C)C(=O)O. The lowest BCUT2D eigenvalue weighted by atomic mass is 9.97. The van der Waals surface area contributed by atoms with Crippen LogP contribution in [0.25, 0.3) is 0 Å². The van der Waals surface area contributed by atoms with Gasteiger partial charge in [0.15, 0.2) is 0 Å². The third-order valence-corrected chi connectivity index (χ3v) is 5.00. The summed E-state index contributed by atoms with van der Waals surface area (Å²) in [7, 11) is -3.29. The molecule has 116 valence electrons. The van der Waals surface area contributed by atoms with E-state index in [1.54, 1.807) is 6.92 Å². The van der Waals surface area contributed by atoms with Crippen LogP contribution < -0.4 is 5.32 Å². The molecule has 1 saturated heterocycles. The second kappa shape index (κ2) is 6.53. The van der Waals surface area contributed by atoms with Crippen molar-refractivity contribution in [2.45, 2.75) is 32.7 Å². The molecule has 0 spiro atoms. The minimum absolute atomic E-state index is 0.166. The first-order chi connectivity index (χ1) is 9.12. The normalized spacial score (nSPS) is 23.9. The lowest BCUT2D eigenvalue weighted by Gasteiger charge is -2.31. The van der Waals surface area contributed by atoms with Crippen LogP contribution in [-0.4, -0.2) is 55.1 Å². The highest BCUT2D eigenvalue weighted by molar-refractivity contribution is 7.88. The molecule has 0 aromatic carbocycles. The van der Waals surface area contributed by atoms with Crippen molar-refractivity contribution in [1.82, 2.24) is 9.62 Å². The van der Waals surface area contributed by atoms with Gasteiger partial charge in [0.25, 0.3) is 0 Å². The van der Waals surface area contributed by atoms with Crippen LogP contribution in [0.4, 0.5) is 0 Å². The Hall–Kier alpha value is -1.15. The summed E-state index contributed by atoms with van der Waals surface area (Å²) in [5.41, 5.74) is 0. The van der Waals surface area contributed by atoms with Gasteiger partial charge in [0.2, 0.25) is 15.9 Å². The van der Waals surface area contributed by atoms with Crippen LogP contribution in [0.2, 0.25) is 0 Å². The Labute approximate surface area is 119 Å². The third kappa shape index (κ3) is 4.45. The molecule has 1 rings (SSSR count). The number of hydrogen-bond donors (Lipinski definition) is 2. The van der Waals surface area contributed by atoms with E-state index in [2.05, 4.69) is 5.32 Å². The summed E-state index contributed by atoms with van der Waals surface area (Å²) in [6, 6.07) is -0.492. The van der Waals surface area contributed by atoms with Crippen molar-refractivity contribution in [1.29, 1.82) is 0 Å². The Morgan fingerprint density at radius 1 is 1.35 bits per heavy atom. The van der Waals surface area contributed by atoms with Crippen molar-refractivity contribution in [2.75, 3.05) is 19.3 Å². The molecule has 1 aliphatic heterocycles. The van der Waals surface area contributed by atoms with Crippen LogP contribution >= 0.6 is 0 Å². The van der Waals surface area contributed by atoms with E-state index < -0.39 is 33.9 Å². The van der Waals surface area contributed by atoms with Crippen molar-refractivity contribution in [3.63, 3.8) is 0 Å². The zero-order valence-electron chi connectivity index (χ0n) is 12.0. The lowest BCUT2D eigenvalue weighted by Crippen LogP contribution is -2.48. The van der Waals surface area contributed by atoms with Crippen molar-refractivity contribution >= 4 is 21.9 Å². The highest BCUT2D eigenvalue weighted by Crippen LogP contribution is 2.19. The highest BCUT2D eigenvalue weighted by Gasteiger charge is 2.31. The van der Waals surface area contributed by atoms with Crippen molar-refractivity contribution in [2.24, 2.45) is 11.8 Å². The maximum absolute atomic E-state index is 12.1. The molecule has 1 aliphatic rings. The van der Waals surface area contributed by atoms with E-state index in [0.29, 0.717) is 19.4 Å². The zero-order chi connectivity index (χ0) is 15.5. The largest absolute Gasteiger partial charge is 0.481 e. The lowest BCUT2D eigenvalue weighted by molar-refractivity contribution is -0.142. The number of sulfonamides is 1. The average Bonchev–Trinajstić information content (AvgIpc) is 2.36. The molecule has 1 fully saturated rings. The summed E-state index contributed by atoms with van der Waals surface area (Å²) < 4.78 is 24.3. The predicted octanol–water partition coefficient (Wildman–Crippen LogP) is -0.117. The molecule has 0 aromatic heterocycles. The minimum Gasteiger partial charge on any atom is -0.481 e. The van der Waals surface area contributed by atoms with E-state index in [4.69, 9.17) is 5.11 Å². The van der Waals surface area contributed by atoms with E-state index in [1.807, 2.05) is 0 Å². The fourth-order valence-corrected chi connectivity index (χ4v) is 3.05. The van der Waals surface area contributed by atoms with Gasteiger partial charge in [0, 0.05) is 19.1 Å². The Kier molecular flexibility index (Phi) is 5.52. The van der Waals surface area contributed by atoms with Crippen molar-refractivity contribution in [3.05, 3.63) is 0 Å². The second-order valence-corrected chi connectivity index (χ2v) is 7.37. The van der Waals surface area contributed by atoms with Gasteiger partial charge in [-0.2, -0.15) is 0 Å². The standard InChI is InChI=1S/C12H22N2O5S/c1-8(12(16)17)9(2)13-11(15)10-5-4-6-14(7-10)20(3,18)19/h8-10H,4-7H2,1-3H3,(H,13,15)(H,16,17). The Bertz CT molecular complexity index is 476. The topological polar surface area (TPSA) is 104 Å². The van der Waals surface area contributed by atoms with Crippen molar-refractivity contribution < 1.29 is 23.1 Å². The molecule has 2 N–H and O–H groups in total. The molecule has 20 heavy (non-hydrogen) atoms. The minimum atomic E-state index is -3.29. The van der Waals surface area contributed by atoms with Gasteiger partial charge in [-0.3, -0.25) is 9.59 Å². The van der Waals surface area contributed by atoms with Gasteiger partial charge in [-0.25, -0.2) is 12.7 Å². The van der Waals surface area contributed by atoms with Gasteiger partial charge >= 0.3 is 5.97 Å². The first kappa shape index (κ1) is 16.9. The summed E-state index contributed by atoms with van der Waals surface area (Å²) >= 11 is 0. The number of carboxylic acid groups (broad SMARTS) is 1. The van der Waals surface area contributed by atoms with Crippen LogP contribution in [0.1, 0.15) is 26.7 Å². The Morgan fingerprint density at radius 2 is 1.95 bits per heavy atom. The fraction of sp³-hybridized carbons (Fsp3) is 0.833. The number of nitrogens with one attached hydrogen (secondary N) is 1. The van der Waals surface area contributed by atoms with Gasteiger partial charge in [0.1, 0.15) is 0 Å². The average molecular weight is 306 g/mol. The molecule has 0 bridgehead atoms. The number of aliphatic carboxylic acids is 1. The summed E-state index contributed by atoms with van der Waals surface area (Å²) in [6.07, 6.45) is 2.38. The number of piperidine rings is 1. The summed E-state index contributed by atoms with van der Waals surface area (Å²) in [4.78, 5) is 22.9. The third-order valence-electron chi connectivity index (χ3n) is 3.73. The predicted molar refractivity (Wildman–Crippen MR) is 73.5 cm³/mol. The van der Waals surface area contributed by atoms with Gasteiger partial charge in [0.05, 0.1) is 18.1 Å². The first-order valence-electron chi connectivity index (χ1n) is 6.61. The number of nitrogens with zero attached hydrogens (tertiary/aromatic N) is 1. The first-order valence-corrected chi connectivity index (χ1v) is 8.46. The van der Waals surface area contributed by atoms with Crippen LogP contribution in [0.3, 0.4) is 0 Å². The highest BCUT2D eigenvalue weighted by atomic mass is 32.2. The van der Waals surface area contributed by atoms with Crippen LogP contribution in [0.15, 0.2) is 0 Å². The molecule has 1 amide bonds. The second-order valence-electron chi connectivity index (χ2n) is 5.38. The Morgan fingerprint density at radius 3 is 2.45 bits per heavy atom. The number of carbonyl (C=O) groups excluding carboxylic acids is 1. The molecule has 3 atom stereocenters. The number of hydrogen-bond acceptors (Lipinski definition) is 4. The molecule has 0 saturated carbocycles. The van der Waals surface area contributed by atoms with E-state index >= 15 is 0 Å². The van der Waals surface area contributed by atoms with Gasteiger partial charge in [-0.05, 0) is 26.7 Å². The van der Waals surface area contributed by atoms with E-state index in [-0.39, 0.29) is 12.5 Å². The molecule has 0 radical (unpaired) electrons. The van der Waals surface area contributed by atoms with Crippen molar-refractivity contribution in [3.8, 4) is 0 Å². The van der Waals surface area contributed by atoms with E-state index in [9.17, 15) is 18.0 Å². The number of rotatable bonds is 5. The van der Waals surface area contributed by atoms with Crippen LogP contribution in [-0.2, 0) is 19.6 Å². The maximum atomic E-state index is 12.1. The van der Waals surface area contributed by atoms with E-state index in [0.717, 1.165) is 6.26 Å².